The summed E-state index contributed by atoms with van der Waals surface area (Å²) in [5, 5.41) is 17.3. The van der Waals surface area contributed by atoms with E-state index in [4.69, 9.17) is 21.1 Å². The number of aromatic carboxylic acids is 1. The Hall–Kier alpha value is -3.79. The first kappa shape index (κ1) is 30.4. The van der Waals surface area contributed by atoms with E-state index in [1.54, 1.807) is 51.1 Å². The summed E-state index contributed by atoms with van der Waals surface area (Å²) in [7, 11) is 1.48. The average Bonchev–Trinajstić information content (AvgIpc) is 2.84. The maximum Gasteiger partial charge on any atom is 0.407 e. The van der Waals surface area contributed by atoms with Gasteiger partial charge < -0.3 is 25.2 Å². The molecule has 0 aromatic heterocycles. The molecule has 0 saturated heterocycles. The number of carboxylic acids is 1. The van der Waals surface area contributed by atoms with Crippen LogP contribution in [0.15, 0.2) is 42.5 Å². The summed E-state index contributed by atoms with van der Waals surface area (Å²) in [5.74, 6) is -2.11. The highest BCUT2D eigenvalue weighted by Gasteiger charge is 2.26. The first-order chi connectivity index (χ1) is 17.8. The van der Waals surface area contributed by atoms with E-state index in [2.05, 4.69) is 16.0 Å². The smallest absolute Gasteiger partial charge is 0.407 e. The maximum absolute atomic E-state index is 13.2. The van der Waals surface area contributed by atoms with Gasteiger partial charge in [-0.3, -0.25) is 10.1 Å². The number of carboxylic acid groups (broad SMARTS) is 1. The van der Waals surface area contributed by atoms with Gasteiger partial charge in [-0.25, -0.2) is 14.4 Å². The highest BCUT2D eigenvalue weighted by atomic mass is 35.5. The van der Waals surface area contributed by atoms with Crippen LogP contribution in [0.1, 0.15) is 61.6 Å². The van der Waals surface area contributed by atoms with Crippen LogP contribution in [0, 0.1) is 5.92 Å². The molecule has 0 heterocycles. The summed E-state index contributed by atoms with van der Waals surface area (Å²) in [4.78, 5) is 49.5. The van der Waals surface area contributed by atoms with Crippen molar-refractivity contribution < 1.29 is 33.8 Å². The number of methoxy groups -OCH3 is 1. The average molecular weight is 548 g/mol. The van der Waals surface area contributed by atoms with Crippen molar-refractivity contribution in [2.75, 3.05) is 13.7 Å². The van der Waals surface area contributed by atoms with E-state index in [0.29, 0.717) is 28.3 Å². The number of carbonyl (C=O) groups is 4. The molecule has 38 heavy (non-hydrogen) atoms. The summed E-state index contributed by atoms with van der Waals surface area (Å²) in [6.07, 6.45) is -0.146. The molecular formula is C27H34ClN3O7. The summed E-state index contributed by atoms with van der Waals surface area (Å²) in [5.41, 5.74) is 0.554. The summed E-state index contributed by atoms with van der Waals surface area (Å²) in [6.45, 7) is 6.84. The summed E-state index contributed by atoms with van der Waals surface area (Å²) in [6, 6.07) is 9.87. The van der Waals surface area contributed by atoms with E-state index in [9.17, 15) is 24.3 Å². The molecule has 0 radical (unpaired) electrons. The Morgan fingerprint density at radius 3 is 2.39 bits per heavy atom. The normalized spacial score (nSPS) is 12.6. The number of carbonyl (C=O) groups excluding carboxylic acids is 3. The fourth-order valence-corrected chi connectivity index (χ4v) is 3.86. The van der Waals surface area contributed by atoms with Crippen molar-refractivity contribution in [3.8, 4) is 5.75 Å². The lowest BCUT2D eigenvalue weighted by Crippen LogP contribution is -2.47. The highest BCUT2D eigenvalue weighted by molar-refractivity contribution is 6.30. The third-order valence-corrected chi connectivity index (χ3v) is 5.69. The van der Waals surface area contributed by atoms with Gasteiger partial charge in [0.1, 0.15) is 11.4 Å². The molecule has 0 unspecified atom stereocenters. The Balaban J connectivity index is 2.18. The van der Waals surface area contributed by atoms with Gasteiger partial charge in [-0.2, -0.15) is 0 Å². The van der Waals surface area contributed by atoms with Gasteiger partial charge in [0.05, 0.1) is 24.6 Å². The fourth-order valence-electron chi connectivity index (χ4n) is 3.67. The highest BCUT2D eigenvalue weighted by Crippen LogP contribution is 2.25. The van der Waals surface area contributed by atoms with E-state index >= 15 is 0 Å². The second-order valence-electron chi connectivity index (χ2n) is 9.59. The lowest BCUT2D eigenvalue weighted by molar-refractivity contribution is -0.123. The van der Waals surface area contributed by atoms with E-state index in [1.807, 2.05) is 6.92 Å². The molecular weight excluding hydrogens is 514 g/mol. The molecule has 2 atom stereocenters. The molecule has 0 aliphatic heterocycles. The van der Waals surface area contributed by atoms with Crippen molar-refractivity contribution in [2.45, 2.75) is 52.2 Å². The van der Waals surface area contributed by atoms with Crippen molar-refractivity contribution in [2.24, 2.45) is 5.92 Å². The molecule has 11 heteroatoms. The molecule has 206 valence electrons. The fraction of sp³-hybridized carbons (Fsp3) is 0.407. The first-order valence-electron chi connectivity index (χ1n) is 12.1. The largest absolute Gasteiger partial charge is 0.496 e. The number of urea groups is 1. The number of nitrogens with one attached hydrogen (secondary N) is 3. The van der Waals surface area contributed by atoms with Crippen molar-refractivity contribution in [1.82, 2.24) is 16.0 Å². The van der Waals surface area contributed by atoms with Gasteiger partial charge in [-0.15, -0.1) is 0 Å². The minimum Gasteiger partial charge on any atom is -0.496 e. The SMILES string of the molecule is CC[C@@H](NC(=O)NC(=O)[C@@H](CNC(=O)OC(C)(C)C)Cc1cc(Cl)ccc1OC)c1cccc(C(=O)O)c1. The first-order valence-corrected chi connectivity index (χ1v) is 12.4. The second kappa shape index (κ2) is 13.7. The van der Waals surface area contributed by atoms with Gasteiger partial charge >= 0.3 is 18.1 Å². The molecule has 0 aliphatic carbocycles. The Morgan fingerprint density at radius 1 is 1.08 bits per heavy atom. The van der Waals surface area contributed by atoms with E-state index in [1.165, 1.54) is 19.2 Å². The maximum atomic E-state index is 13.2. The number of halogens is 1. The zero-order chi connectivity index (χ0) is 28.5. The third-order valence-electron chi connectivity index (χ3n) is 5.46. The minimum atomic E-state index is -1.09. The van der Waals surface area contributed by atoms with Crippen LogP contribution in [0.3, 0.4) is 0 Å². The van der Waals surface area contributed by atoms with Crippen molar-refractivity contribution in [3.05, 3.63) is 64.2 Å². The van der Waals surface area contributed by atoms with Crippen LogP contribution in [0.5, 0.6) is 5.75 Å². The van der Waals surface area contributed by atoms with Gasteiger partial charge in [-0.1, -0.05) is 30.7 Å². The van der Waals surface area contributed by atoms with E-state index in [-0.39, 0.29) is 18.5 Å². The number of alkyl carbamates (subject to hydrolysis) is 1. The number of imide groups is 1. The van der Waals surface area contributed by atoms with Gasteiger partial charge in [0.2, 0.25) is 5.91 Å². The molecule has 0 bridgehead atoms. The Labute approximate surface area is 227 Å². The third kappa shape index (κ3) is 9.59. The standard InChI is InChI=1S/C27H34ClN3O7/c1-6-21(16-8-7-9-17(12-16)24(33)34)30-25(35)31-23(32)19(15-29-26(36)38-27(2,3)4)13-18-14-20(28)10-11-22(18)37-5/h7-12,14,19,21H,6,13,15H2,1-5H3,(H,29,36)(H,33,34)(H2,30,31,32,35)/t19-,21-/m1/s1. The van der Waals surface area contributed by atoms with Crippen molar-refractivity contribution in [3.63, 3.8) is 0 Å². The second-order valence-corrected chi connectivity index (χ2v) is 10.0. The number of rotatable bonds is 10. The molecule has 0 fully saturated rings. The zero-order valence-electron chi connectivity index (χ0n) is 22.1. The monoisotopic (exact) mass is 547 g/mol. The predicted octanol–water partition coefficient (Wildman–Crippen LogP) is 4.71. The van der Waals surface area contributed by atoms with Crippen molar-refractivity contribution >= 4 is 35.6 Å². The van der Waals surface area contributed by atoms with Crippen LogP contribution in [-0.4, -0.2) is 48.4 Å². The topological polar surface area (TPSA) is 143 Å². The molecule has 0 saturated carbocycles. The minimum absolute atomic E-state index is 0.0861. The summed E-state index contributed by atoms with van der Waals surface area (Å²) >= 11 is 6.14. The lowest BCUT2D eigenvalue weighted by atomic mass is 9.97. The van der Waals surface area contributed by atoms with Crippen LogP contribution in [0.2, 0.25) is 5.02 Å². The Bertz CT molecular complexity index is 1160. The lowest BCUT2D eigenvalue weighted by Gasteiger charge is -2.23. The number of amides is 4. The van der Waals surface area contributed by atoms with Crippen molar-refractivity contribution in [1.29, 1.82) is 0 Å². The van der Waals surface area contributed by atoms with Crippen LogP contribution in [0.4, 0.5) is 9.59 Å². The van der Waals surface area contributed by atoms with Crippen LogP contribution < -0.4 is 20.7 Å². The van der Waals surface area contributed by atoms with Gasteiger partial charge in [0.25, 0.3) is 0 Å². The van der Waals surface area contributed by atoms with Crippen LogP contribution in [-0.2, 0) is 16.0 Å². The molecule has 0 aliphatic rings. The van der Waals surface area contributed by atoms with Crippen LogP contribution >= 0.6 is 11.6 Å². The van der Waals surface area contributed by atoms with Gasteiger partial charge in [0, 0.05) is 11.6 Å². The molecule has 2 aromatic carbocycles. The van der Waals surface area contributed by atoms with Gasteiger partial charge in [0.15, 0.2) is 0 Å². The molecule has 10 nitrogen and oxygen atoms in total. The van der Waals surface area contributed by atoms with Crippen LogP contribution in [0.25, 0.3) is 0 Å². The molecule has 4 amide bonds. The molecule has 2 aromatic rings. The Morgan fingerprint density at radius 2 is 1.79 bits per heavy atom. The summed E-state index contributed by atoms with van der Waals surface area (Å²) < 4.78 is 10.6. The molecule has 0 spiro atoms. The molecule has 4 N–H and O–H groups in total. The van der Waals surface area contributed by atoms with E-state index in [0.717, 1.165) is 0 Å². The Kier molecular flexibility index (Phi) is 10.9. The zero-order valence-corrected chi connectivity index (χ0v) is 22.8. The predicted molar refractivity (Wildman–Crippen MR) is 143 cm³/mol. The number of hydrogen-bond acceptors (Lipinski definition) is 6. The van der Waals surface area contributed by atoms with E-state index < -0.39 is 41.6 Å². The number of benzene rings is 2. The van der Waals surface area contributed by atoms with Gasteiger partial charge in [-0.05, 0) is 75.1 Å². The molecule has 2 rings (SSSR count). The quantitative estimate of drug-likeness (QED) is 0.337. The number of ether oxygens (including phenoxy) is 2. The number of hydrogen-bond donors (Lipinski definition) is 4.